The summed E-state index contributed by atoms with van der Waals surface area (Å²) in [5, 5.41) is 10.1. The molecule has 4 nitrogen and oxygen atoms in total. The average molecular weight is 250 g/mol. The monoisotopic (exact) mass is 250 g/mol. The van der Waals surface area contributed by atoms with E-state index in [9.17, 15) is 5.11 Å². The molecule has 4 heteroatoms. The number of hydrogen-bond acceptors (Lipinski definition) is 4. The van der Waals surface area contributed by atoms with Crippen LogP contribution in [-0.4, -0.2) is 29.9 Å². The molecule has 3 rings (SSSR count). The molecular weight excluding hydrogens is 232 g/mol. The van der Waals surface area contributed by atoms with Crippen molar-refractivity contribution in [3.8, 4) is 0 Å². The van der Waals surface area contributed by atoms with Gasteiger partial charge >= 0.3 is 0 Å². The summed E-state index contributed by atoms with van der Waals surface area (Å²) in [5.41, 5.74) is 0.828. The third-order valence-electron chi connectivity index (χ3n) is 3.72. The molecule has 0 radical (unpaired) electrons. The lowest BCUT2D eigenvalue weighted by Gasteiger charge is -2.31. The first-order valence-electron chi connectivity index (χ1n) is 6.23. The predicted octanol–water partition coefficient (Wildman–Crippen LogP) is 1.67. The van der Waals surface area contributed by atoms with Gasteiger partial charge in [-0.15, -0.1) is 0 Å². The molecule has 0 spiro atoms. The van der Waals surface area contributed by atoms with Gasteiger partial charge in [-0.05, 0) is 5.56 Å². The van der Waals surface area contributed by atoms with Crippen molar-refractivity contribution in [2.75, 3.05) is 0 Å². The lowest BCUT2D eigenvalue weighted by molar-refractivity contribution is -0.219. The fraction of sp³-hybridized carbons (Fsp3) is 0.571. The molecule has 2 aliphatic heterocycles. The lowest BCUT2D eigenvalue weighted by atomic mass is 9.84. The number of hydrogen-bond donors (Lipinski definition) is 1. The number of benzene rings is 1. The molecule has 0 aromatic heterocycles. The molecule has 1 N–H and O–H groups in total. The Bertz CT molecular complexity index is 417. The minimum Gasteiger partial charge on any atom is -0.366 e. The third-order valence-corrected chi connectivity index (χ3v) is 3.72. The van der Waals surface area contributed by atoms with Crippen molar-refractivity contribution < 1.29 is 19.3 Å². The third kappa shape index (κ3) is 2.06. The van der Waals surface area contributed by atoms with E-state index in [0.29, 0.717) is 6.61 Å². The van der Waals surface area contributed by atoms with Crippen LogP contribution in [0.5, 0.6) is 0 Å². The van der Waals surface area contributed by atoms with Gasteiger partial charge in [-0.2, -0.15) is 0 Å². The zero-order chi connectivity index (χ0) is 12.8. The highest BCUT2D eigenvalue weighted by Gasteiger charge is 2.64. The molecule has 1 aromatic carbocycles. The molecule has 3 unspecified atom stereocenters. The van der Waals surface area contributed by atoms with Gasteiger partial charge in [-0.3, -0.25) is 0 Å². The maximum Gasteiger partial charge on any atom is 0.185 e. The second-order valence-corrected chi connectivity index (χ2v) is 5.49. The SMILES string of the molecule is CC1(C)C2OC2O[C@H]1C(O)OCc1ccccc1. The molecule has 98 valence electrons. The molecular formula is C14H18O4. The maximum atomic E-state index is 10.1. The second-order valence-electron chi connectivity index (χ2n) is 5.49. The van der Waals surface area contributed by atoms with Gasteiger partial charge in [0, 0.05) is 5.41 Å². The van der Waals surface area contributed by atoms with Crippen LogP contribution >= 0.6 is 0 Å². The Kier molecular flexibility index (Phi) is 2.90. The van der Waals surface area contributed by atoms with Crippen molar-refractivity contribution in [1.82, 2.24) is 0 Å². The molecule has 0 aliphatic carbocycles. The van der Waals surface area contributed by atoms with E-state index in [4.69, 9.17) is 14.2 Å². The summed E-state index contributed by atoms with van der Waals surface area (Å²) in [7, 11) is 0. The normalized spacial score (nSPS) is 34.1. The topological polar surface area (TPSA) is 51.2 Å². The number of fused-ring (bicyclic) bond motifs is 1. The zero-order valence-electron chi connectivity index (χ0n) is 10.6. The van der Waals surface area contributed by atoms with E-state index in [0.717, 1.165) is 5.56 Å². The molecule has 0 saturated carbocycles. The van der Waals surface area contributed by atoms with E-state index >= 15 is 0 Å². The summed E-state index contributed by atoms with van der Waals surface area (Å²) in [5.74, 6) is 0. The van der Waals surface area contributed by atoms with E-state index in [1.165, 1.54) is 0 Å². The van der Waals surface area contributed by atoms with Crippen LogP contribution in [0.4, 0.5) is 0 Å². The molecule has 0 amide bonds. The van der Waals surface area contributed by atoms with Crippen molar-refractivity contribution in [1.29, 1.82) is 0 Å². The van der Waals surface area contributed by atoms with E-state index in [2.05, 4.69) is 0 Å². The largest absolute Gasteiger partial charge is 0.366 e. The number of aliphatic hydroxyl groups is 1. The van der Waals surface area contributed by atoms with Crippen LogP contribution in [0.2, 0.25) is 0 Å². The van der Waals surface area contributed by atoms with Crippen molar-refractivity contribution in [2.24, 2.45) is 5.41 Å². The highest BCUT2D eigenvalue weighted by molar-refractivity contribution is 5.13. The summed E-state index contributed by atoms with van der Waals surface area (Å²) in [6.45, 7) is 4.45. The van der Waals surface area contributed by atoms with Crippen molar-refractivity contribution in [3.05, 3.63) is 35.9 Å². The van der Waals surface area contributed by atoms with Gasteiger partial charge < -0.3 is 19.3 Å². The standard InChI is InChI=1S/C14H18O4/c1-14(2)10(17-13-11(14)18-13)12(15)16-8-9-6-4-3-5-7-9/h3-7,10-13,15H,8H2,1-2H3/t10-,11?,12?,13?/m0/s1. The van der Waals surface area contributed by atoms with Crippen LogP contribution in [0.3, 0.4) is 0 Å². The molecule has 2 saturated heterocycles. The minimum absolute atomic E-state index is 0.0949. The Morgan fingerprint density at radius 2 is 2.00 bits per heavy atom. The molecule has 2 heterocycles. The Morgan fingerprint density at radius 3 is 2.61 bits per heavy atom. The van der Waals surface area contributed by atoms with Gasteiger partial charge in [0.2, 0.25) is 0 Å². The molecule has 4 atom stereocenters. The summed E-state index contributed by atoms with van der Waals surface area (Å²) in [4.78, 5) is 0. The van der Waals surface area contributed by atoms with Crippen LogP contribution in [0, 0.1) is 5.41 Å². The van der Waals surface area contributed by atoms with Crippen LogP contribution in [-0.2, 0) is 20.8 Å². The van der Waals surface area contributed by atoms with Crippen LogP contribution in [0.25, 0.3) is 0 Å². The first-order valence-corrected chi connectivity index (χ1v) is 6.23. The fourth-order valence-corrected chi connectivity index (χ4v) is 2.49. The highest BCUT2D eigenvalue weighted by Crippen LogP contribution is 2.51. The first-order chi connectivity index (χ1) is 8.59. The van der Waals surface area contributed by atoms with E-state index in [1.54, 1.807) is 0 Å². The molecule has 2 fully saturated rings. The number of aliphatic hydroxyl groups excluding tert-OH is 1. The molecule has 1 aromatic rings. The smallest absolute Gasteiger partial charge is 0.185 e. The molecule has 0 bridgehead atoms. The number of rotatable bonds is 4. The van der Waals surface area contributed by atoms with Crippen molar-refractivity contribution in [3.63, 3.8) is 0 Å². The summed E-state index contributed by atoms with van der Waals surface area (Å²) in [6.07, 6.45) is -1.31. The Hall–Kier alpha value is -0.940. The minimum atomic E-state index is -0.920. The number of epoxide rings is 1. The van der Waals surface area contributed by atoms with E-state index < -0.39 is 6.29 Å². The summed E-state index contributed by atoms with van der Waals surface area (Å²) in [6, 6.07) is 9.78. The van der Waals surface area contributed by atoms with Gasteiger partial charge in [0.15, 0.2) is 12.6 Å². The van der Waals surface area contributed by atoms with Gasteiger partial charge in [-0.1, -0.05) is 44.2 Å². The van der Waals surface area contributed by atoms with E-state index in [-0.39, 0.29) is 23.9 Å². The fourth-order valence-electron chi connectivity index (χ4n) is 2.49. The average Bonchev–Trinajstić information content (AvgIpc) is 3.09. The summed E-state index contributed by atoms with van der Waals surface area (Å²) < 4.78 is 16.4. The van der Waals surface area contributed by atoms with Crippen LogP contribution in [0.1, 0.15) is 19.4 Å². The van der Waals surface area contributed by atoms with Gasteiger partial charge in [-0.25, -0.2) is 0 Å². The summed E-state index contributed by atoms with van der Waals surface area (Å²) >= 11 is 0. The van der Waals surface area contributed by atoms with Crippen molar-refractivity contribution in [2.45, 2.75) is 45.2 Å². The van der Waals surface area contributed by atoms with Crippen LogP contribution in [0.15, 0.2) is 30.3 Å². The van der Waals surface area contributed by atoms with Gasteiger partial charge in [0.25, 0.3) is 0 Å². The molecule has 18 heavy (non-hydrogen) atoms. The molecule has 2 aliphatic rings. The first kappa shape index (κ1) is 12.1. The Morgan fingerprint density at radius 1 is 1.28 bits per heavy atom. The maximum absolute atomic E-state index is 10.1. The van der Waals surface area contributed by atoms with E-state index in [1.807, 2.05) is 44.2 Å². The lowest BCUT2D eigenvalue weighted by Crippen LogP contribution is -2.42. The van der Waals surface area contributed by atoms with Gasteiger partial charge in [0.1, 0.15) is 12.2 Å². The van der Waals surface area contributed by atoms with Crippen molar-refractivity contribution >= 4 is 0 Å². The highest BCUT2D eigenvalue weighted by atomic mass is 16.8. The van der Waals surface area contributed by atoms with Crippen LogP contribution < -0.4 is 0 Å². The zero-order valence-corrected chi connectivity index (χ0v) is 10.6. The Balaban J connectivity index is 1.57. The second kappa shape index (κ2) is 4.31. The van der Waals surface area contributed by atoms with Gasteiger partial charge in [0.05, 0.1) is 6.61 Å². The Labute approximate surface area is 106 Å². The quantitative estimate of drug-likeness (QED) is 0.652. The number of ether oxygens (including phenoxy) is 3. The predicted molar refractivity (Wildman–Crippen MR) is 64.6 cm³/mol.